The number of amides is 1. The molecule has 4 aromatic rings. The van der Waals surface area contributed by atoms with E-state index in [1.807, 2.05) is 60.9 Å². The molecule has 0 saturated heterocycles. The SMILES string of the molecule is Cc1c(C#N)c(NC(=O)CSc2n[nH]c(-c3ccccc3)n2)n(Cc2ccco2)c1C. The standard InChI is InChI=1S/C22H20N6O2S/c1-14-15(2)28(12-17-9-6-10-30-17)21(18(14)11-23)24-19(29)13-31-22-25-20(26-27-22)16-7-4-3-5-8-16/h3-10H,12-13H2,1-2H3,(H,24,29)(H,25,26,27). The number of rotatable bonds is 7. The van der Waals surface area contributed by atoms with Gasteiger partial charge in [-0.15, -0.1) is 5.10 Å². The molecule has 0 atom stereocenters. The monoisotopic (exact) mass is 432 g/mol. The summed E-state index contributed by atoms with van der Waals surface area (Å²) in [6, 6.07) is 15.5. The summed E-state index contributed by atoms with van der Waals surface area (Å²) < 4.78 is 7.32. The Labute approximate surface area is 183 Å². The molecule has 0 bridgehead atoms. The van der Waals surface area contributed by atoms with Gasteiger partial charge in [0.2, 0.25) is 11.1 Å². The van der Waals surface area contributed by atoms with Crippen LogP contribution >= 0.6 is 11.8 Å². The molecule has 1 aromatic carbocycles. The molecule has 0 aliphatic heterocycles. The van der Waals surface area contributed by atoms with E-state index in [9.17, 15) is 10.1 Å². The summed E-state index contributed by atoms with van der Waals surface area (Å²) in [4.78, 5) is 17.1. The summed E-state index contributed by atoms with van der Waals surface area (Å²) in [7, 11) is 0. The predicted molar refractivity (Wildman–Crippen MR) is 118 cm³/mol. The maximum Gasteiger partial charge on any atom is 0.235 e. The predicted octanol–water partition coefficient (Wildman–Crippen LogP) is 4.13. The largest absolute Gasteiger partial charge is 0.467 e. The molecular formula is C22H20N6O2S. The molecule has 0 spiro atoms. The highest BCUT2D eigenvalue weighted by Crippen LogP contribution is 2.28. The first-order chi connectivity index (χ1) is 15.1. The maximum absolute atomic E-state index is 12.7. The van der Waals surface area contributed by atoms with E-state index in [0.717, 1.165) is 22.6 Å². The summed E-state index contributed by atoms with van der Waals surface area (Å²) in [6.07, 6.45) is 1.60. The number of carbonyl (C=O) groups excluding carboxylic acids is 1. The summed E-state index contributed by atoms with van der Waals surface area (Å²) in [5.41, 5.74) is 3.11. The number of anilines is 1. The van der Waals surface area contributed by atoms with Crippen molar-refractivity contribution in [1.82, 2.24) is 19.7 Å². The molecule has 1 amide bonds. The van der Waals surface area contributed by atoms with E-state index in [1.54, 1.807) is 6.26 Å². The van der Waals surface area contributed by atoms with Crippen LogP contribution in [0, 0.1) is 25.2 Å². The van der Waals surface area contributed by atoms with Crippen LogP contribution in [0.15, 0.2) is 58.3 Å². The van der Waals surface area contributed by atoms with Gasteiger partial charge in [0.1, 0.15) is 17.6 Å². The van der Waals surface area contributed by atoms with Gasteiger partial charge in [-0.25, -0.2) is 4.98 Å². The number of hydrogen-bond acceptors (Lipinski definition) is 6. The number of furan rings is 1. The van der Waals surface area contributed by atoms with Crippen molar-refractivity contribution < 1.29 is 9.21 Å². The van der Waals surface area contributed by atoms with Gasteiger partial charge in [-0.05, 0) is 31.5 Å². The molecule has 3 aromatic heterocycles. The van der Waals surface area contributed by atoms with Crippen LogP contribution in [0.4, 0.5) is 5.82 Å². The molecule has 8 nitrogen and oxygen atoms in total. The molecule has 0 saturated carbocycles. The minimum Gasteiger partial charge on any atom is -0.467 e. The summed E-state index contributed by atoms with van der Waals surface area (Å²) in [5.74, 6) is 1.72. The minimum atomic E-state index is -0.245. The van der Waals surface area contributed by atoms with Crippen molar-refractivity contribution in [3.8, 4) is 17.5 Å². The Morgan fingerprint density at radius 3 is 2.77 bits per heavy atom. The van der Waals surface area contributed by atoms with Crippen molar-refractivity contribution in [1.29, 1.82) is 5.26 Å². The zero-order chi connectivity index (χ0) is 21.8. The Morgan fingerprint density at radius 2 is 2.06 bits per heavy atom. The normalized spacial score (nSPS) is 10.7. The van der Waals surface area contributed by atoms with Crippen LogP contribution in [-0.2, 0) is 11.3 Å². The molecule has 0 fully saturated rings. The fourth-order valence-corrected chi connectivity index (χ4v) is 3.82. The average molecular weight is 433 g/mol. The van der Waals surface area contributed by atoms with E-state index in [4.69, 9.17) is 4.42 Å². The molecule has 156 valence electrons. The molecule has 2 N–H and O–H groups in total. The fourth-order valence-electron chi connectivity index (χ4n) is 3.22. The molecule has 0 aliphatic carbocycles. The molecular weight excluding hydrogens is 412 g/mol. The fraction of sp³-hybridized carbons (Fsp3) is 0.182. The zero-order valence-corrected chi connectivity index (χ0v) is 17.9. The summed E-state index contributed by atoms with van der Waals surface area (Å²) in [5, 5.41) is 20.0. The number of hydrogen-bond donors (Lipinski definition) is 2. The quantitative estimate of drug-likeness (QED) is 0.425. The molecule has 3 heterocycles. The highest BCUT2D eigenvalue weighted by Gasteiger charge is 2.20. The number of benzene rings is 1. The Bertz CT molecular complexity index is 1240. The average Bonchev–Trinajstić information content (AvgIpc) is 3.51. The molecule has 4 rings (SSSR count). The number of nitrogens with zero attached hydrogens (tertiary/aromatic N) is 4. The maximum atomic E-state index is 12.7. The third-order valence-corrected chi connectivity index (χ3v) is 5.78. The van der Waals surface area contributed by atoms with E-state index in [1.165, 1.54) is 11.8 Å². The molecule has 0 radical (unpaired) electrons. The van der Waals surface area contributed by atoms with Crippen LogP contribution in [0.2, 0.25) is 0 Å². The number of H-pyrrole nitrogens is 1. The lowest BCUT2D eigenvalue weighted by molar-refractivity contribution is -0.113. The number of aromatic amines is 1. The molecule has 31 heavy (non-hydrogen) atoms. The van der Waals surface area contributed by atoms with Crippen molar-refractivity contribution in [2.24, 2.45) is 0 Å². The number of thioether (sulfide) groups is 1. The lowest BCUT2D eigenvalue weighted by atomic mass is 10.2. The summed E-state index contributed by atoms with van der Waals surface area (Å²) in [6.45, 7) is 4.21. The van der Waals surface area contributed by atoms with Crippen molar-refractivity contribution in [2.75, 3.05) is 11.1 Å². The van der Waals surface area contributed by atoms with Gasteiger partial charge >= 0.3 is 0 Å². The van der Waals surface area contributed by atoms with Gasteiger partial charge in [-0.3, -0.25) is 9.89 Å². The first-order valence-corrected chi connectivity index (χ1v) is 10.6. The smallest absolute Gasteiger partial charge is 0.235 e. The van der Waals surface area contributed by atoms with Crippen LogP contribution in [0.3, 0.4) is 0 Å². The first kappa shape index (κ1) is 20.5. The van der Waals surface area contributed by atoms with Gasteiger partial charge in [0.05, 0.1) is 24.1 Å². The molecule has 0 unspecified atom stereocenters. The van der Waals surface area contributed by atoms with E-state index >= 15 is 0 Å². The Balaban J connectivity index is 1.47. The van der Waals surface area contributed by atoms with E-state index in [0.29, 0.717) is 28.9 Å². The topological polar surface area (TPSA) is 113 Å². The van der Waals surface area contributed by atoms with Crippen LogP contribution in [0.25, 0.3) is 11.4 Å². The van der Waals surface area contributed by atoms with E-state index in [-0.39, 0.29) is 11.7 Å². The van der Waals surface area contributed by atoms with Gasteiger partial charge < -0.3 is 14.3 Å². The Kier molecular flexibility index (Phi) is 5.91. The van der Waals surface area contributed by atoms with Gasteiger partial charge in [0.15, 0.2) is 5.82 Å². The summed E-state index contributed by atoms with van der Waals surface area (Å²) >= 11 is 1.22. The number of nitrogens with one attached hydrogen (secondary N) is 2. The third-order valence-electron chi connectivity index (χ3n) is 4.94. The minimum absolute atomic E-state index is 0.112. The number of aromatic nitrogens is 4. The van der Waals surface area contributed by atoms with Crippen molar-refractivity contribution in [3.05, 3.63) is 71.3 Å². The Hall–Kier alpha value is -3.77. The van der Waals surface area contributed by atoms with Gasteiger partial charge in [0, 0.05) is 11.3 Å². The second-order valence-electron chi connectivity index (χ2n) is 6.88. The van der Waals surface area contributed by atoms with Crippen molar-refractivity contribution in [3.63, 3.8) is 0 Å². The number of carbonyl (C=O) groups is 1. The van der Waals surface area contributed by atoms with Gasteiger partial charge in [-0.1, -0.05) is 42.1 Å². The molecule has 0 aliphatic rings. The first-order valence-electron chi connectivity index (χ1n) is 9.59. The lowest BCUT2D eigenvalue weighted by Gasteiger charge is -2.11. The second kappa shape index (κ2) is 8.93. The highest BCUT2D eigenvalue weighted by molar-refractivity contribution is 7.99. The van der Waals surface area contributed by atoms with Crippen molar-refractivity contribution in [2.45, 2.75) is 25.5 Å². The van der Waals surface area contributed by atoms with E-state index in [2.05, 4.69) is 26.6 Å². The third kappa shape index (κ3) is 4.39. The number of nitriles is 1. The van der Waals surface area contributed by atoms with E-state index < -0.39 is 0 Å². The van der Waals surface area contributed by atoms with Crippen LogP contribution in [-0.4, -0.2) is 31.4 Å². The van der Waals surface area contributed by atoms with Gasteiger partial charge in [0.25, 0.3) is 0 Å². The van der Waals surface area contributed by atoms with Crippen LogP contribution in [0.5, 0.6) is 0 Å². The Morgan fingerprint density at radius 1 is 1.26 bits per heavy atom. The lowest BCUT2D eigenvalue weighted by Crippen LogP contribution is -2.18. The second-order valence-corrected chi connectivity index (χ2v) is 7.82. The van der Waals surface area contributed by atoms with Gasteiger partial charge in [-0.2, -0.15) is 5.26 Å². The van der Waals surface area contributed by atoms with Crippen molar-refractivity contribution >= 4 is 23.5 Å². The van der Waals surface area contributed by atoms with Crippen LogP contribution in [0.1, 0.15) is 22.6 Å². The van der Waals surface area contributed by atoms with Crippen LogP contribution < -0.4 is 5.32 Å². The highest BCUT2D eigenvalue weighted by atomic mass is 32.2. The zero-order valence-electron chi connectivity index (χ0n) is 17.0. The molecule has 9 heteroatoms.